The SMILES string of the molecule is CN(C)C(=O)CN=C(NCCCN(C)c1ccccc1)N1CCN(c2ccccn2)CC1. The summed E-state index contributed by atoms with van der Waals surface area (Å²) in [5.41, 5.74) is 1.21. The number of anilines is 2. The van der Waals surface area contributed by atoms with Crippen molar-refractivity contribution in [2.75, 3.05) is 76.8 Å². The third-order valence-corrected chi connectivity index (χ3v) is 5.57. The van der Waals surface area contributed by atoms with E-state index in [4.69, 9.17) is 0 Å². The minimum atomic E-state index is 0.000215. The van der Waals surface area contributed by atoms with Crippen molar-refractivity contribution in [3.63, 3.8) is 0 Å². The van der Waals surface area contributed by atoms with Crippen LogP contribution in [0.4, 0.5) is 11.5 Å². The van der Waals surface area contributed by atoms with Crippen LogP contribution in [0.5, 0.6) is 0 Å². The predicted octanol–water partition coefficient (Wildman–Crippen LogP) is 1.76. The highest BCUT2D eigenvalue weighted by Crippen LogP contribution is 2.13. The number of nitrogens with zero attached hydrogens (tertiary/aromatic N) is 6. The molecule has 8 nitrogen and oxygen atoms in total. The second-order valence-electron chi connectivity index (χ2n) is 8.13. The van der Waals surface area contributed by atoms with Crippen LogP contribution in [-0.2, 0) is 4.79 Å². The molecule has 3 rings (SSSR count). The summed E-state index contributed by atoms with van der Waals surface area (Å²) in [6, 6.07) is 16.4. The first-order valence-electron chi connectivity index (χ1n) is 11.2. The third-order valence-electron chi connectivity index (χ3n) is 5.57. The summed E-state index contributed by atoms with van der Waals surface area (Å²) in [7, 11) is 5.63. The number of aliphatic imine (C=N–C) groups is 1. The molecule has 172 valence electrons. The molecule has 1 aliphatic rings. The molecule has 1 aliphatic heterocycles. The normalized spacial score (nSPS) is 14.3. The Balaban J connectivity index is 1.54. The summed E-state index contributed by atoms with van der Waals surface area (Å²) in [6.07, 6.45) is 2.80. The second-order valence-corrected chi connectivity index (χ2v) is 8.13. The highest BCUT2D eigenvalue weighted by atomic mass is 16.2. The summed E-state index contributed by atoms with van der Waals surface area (Å²) < 4.78 is 0. The van der Waals surface area contributed by atoms with Crippen molar-refractivity contribution < 1.29 is 4.79 Å². The number of guanidine groups is 1. The molecular formula is C24H35N7O. The van der Waals surface area contributed by atoms with Crippen molar-refractivity contribution in [2.24, 2.45) is 4.99 Å². The van der Waals surface area contributed by atoms with Gasteiger partial charge in [0.2, 0.25) is 5.91 Å². The minimum Gasteiger partial charge on any atom is -0.375 e. The molecule has 1 aromatic carbocycles. The molecule has 8 heteroatoms. The Bertz CT molecular complexity index is 849. The number of carbonyl (C=O) groups is 1. The lowest BCUT2D eigenvalue weighted by atomic mass is 10.3. The zero-order valence-corrected chi connectivity index (χ0v) is 19.4. The van der Waals surface area contributed by atoms with Crippen LogP contribution in [0.1, 0.15) is 6.42 Å². The smallest absolute Gasteiger partial charge is 0.243 e. The van der Waals surface area contributed by atoms with Crippen molar-refractivity contribution in [1.29, 1.82) is 0 Å². The molecule has 1 aromatic heterocycles. The number of piperazine rings is 1. The maximum Gasteiger partial charge on any atom is 0.243 e. The second kappa shape index (κ2) is 11.9. The van der Waals surface area contributed by atoms with Crippen molar-refractivity contribution in [3.05, 3.63) is 54.7 Å². The lowest BCUT2D eigenvalue weighted by Gasteiger charge is -2.37. The van der Waals surface area contributed by atoms with Gasteiger partial charge in [0.25, 0.3) is 0 Å². The Kier molecular flexibility index (Phi) is 8.71. The van der Waals surface area contributed by atoms with Crippen molar-refractivity contribution in [1.82, 2.24) is 20.1 Å². The van der Waals surface area contributed by atoms with E-state index in [1.807, 2.05) is 30.5 Å². The van der Waals surface area contributed by atoms with E-state index in [0.717, 1.165) is 57.5 Å². The van der Waals surface area contributed by atoms with Gasteiger partial charge in [0.05, 0.1) is 0 Å². The number of likely N-dealkylation sites (N-methyl/N-ethyl adjacent to an activating group) is 1. The largest absolute Gasteiger partial charge is 0.375 e. The molecular weight excluding hydrogens is 402 g/mol. The summed E-state index contributed by atoms with van der Waals surface area (Å²) in [4.78, 5) is 29.5. The molecule has 0 saturated carbocycles. The van der Waals surface area contributed by atoms with E-state index in [1.165, 1.54) is 5.69 Å². The number of hydrogen-bond donors (Lipinski definition) is 1. The molecule has 0 aliphatic carbocycles. The fraction of sp³-hybridized carbons (Fsp3) is 0.458. The molecule has 1 amide bonds. The molecule has 1 saturated heterocycles. The maximum atomic E-state index is 12.1. The van der Waals surface area contributed by atoms with Crippen LogP contribution in [0.3, 0.4) is 0 Å². The molecule has 1 fully saturated rings. The standard InChI is InChI=1S/C24H35N7O/c1-28(2)23(32)20-27-24(26-14-9-15-29(3)21-10-5-4-6-11-21)31-18-16-30(17-19-31)22-12-7-8-13-25-22/h4-8,10-13H,9,14-20H2,1-3H3,(H,26,27). The van der Waals surface area contributed by atoms with Crippen LogP contribution in [0.2, 0.25) is 0 Å². The first kappa shape index (κ1) is 23.4. The number of benzene rings is 1. The summed E-state index contributed by atoms with van der Waals surface area (Å²) in [5.74, 6) is 1.81. The van der Waals surface area contributed by atoms with E-state index in [-0.39, 0.29) is 12.5 Å². The van der Waals surface area contributed by atoms with Crippen LogP contribution in [0.15, 0.2) is 59.7 Å². The Morgan fingerprint density at radius 2 is 1.75 bits per heavy atom. The highest BCUT2D eigenvalue weighted by Gasteiger charge is 2.21. The number of para-hydroxylation sites is 1. The number of amides is 1. The molecule has 2 aromatic rings. The zero-order valence-electron chi connectivity index (χ0n) is 19.4. The van der Waals surface area contributed by atoms with Crippen LogP contribution in [-0.4, -0.2) is 93.6 Å². The third kappa shape index (κ3) is 6.87. The topological polar surface area (TPSA) is 67.3 Å². The Morgan fingerprint density at radius 1 is 1.03 bits per heavy atom. The van der Waals surface area contributed by atoms with E-state index < -0.39 is 0 Å². The molecule has 0 bridgehead atoms. The quantitative estimate of drug-likeness (QED) is 0.386. The summed E-state index contributed by atoms with van der Waals surface area (Å²) in [6.45, 7) is 5.30. The minimum absolute atomic E-state index is 0.000215. The fourth-order valence-electron chi connectivity index (χ4n) is 3.57. The van der Waals surface area contributed by atoms with Gasteiger partial charge in [-0.1, -0.05) is 24.3 Å². The van der Waals surface area contributed by atoms with Gasteiger partial charge in [-0.25, -0.2) is 9.98 Å². The molecule has 0 radical (unpaired) electrons. The number of aromatic nitrogens is 1. The van der Waals surface area contributed by atoms with Crippen LogP contribution >= 0.6 is 0 Å². The molecule has 32 heavy (non-hydrogen) atoms. The van der Waals surface area contributed by atoms with Gasteiger partial charge < -0.3 is 24.9 Å². The van der Waals surface area contributed by atoms with Gasteiger partial charge in [-0.15, -0.1) is 0 Å². The van der Waals surface area contributed by atoms with E-state index in [9.17, 15) is 4.79 Å². The van der Waals surface area contributed by atoms with E-state index in [0.29, 0.717) is 0 Å². The van der Waals surface area contributed by atoms with E-state index in [2.05, 4.69) is 61.3 Å². The predicted molar refractivity (Wildman–Crippen MR) is 131 cm³/mol. The number of rotatable bonds is 8. The van der Waals surface area contributed by atoms with E-state index >= 15 is 0 Å². The number of pyridine rings is 1. The molecule has 2 heterocycles. The van der Waals surface area contributed by atoms with Gasteiger partial charge in [-0.2, -0.15) is 0 Å². The Hall–Kier alpha value is -3.29. The molecule has 0 atom stereocenters. The van der Waals surface area contributed by atoms with Crippen molar-refractivity contribution >= 4 is 23.4 Å². The van der Waals surface area contributed by atoms with Crippen LogP contribution < -0.4 is 15.1 Å². The summed E-state index contributed by atoms with van der Waals surface area (Å²) in [5, 5.41) is 3.49. The highest BCUT2D eigenvalue weighted by molar-refractivity contribution is 5.85. The van der Waals surface area contributed by atoms with Crippen LogP contribution in [0, 0.1) is 0 Å². The Labute approximate surface area is 191 Å². The molecule has 0 spiro atoms. The number of nitrogens with one attached hydrogen (secondary N) is 1. The maximum absolute atomic E-state index is 12.1. The lowest BCUT2D eigenvalue weighted by Crippen LogP contribution is -2.53. The van der Waals surface area contributed by atoms with Gasteiger partial charge in [0.15, 0.2) is 5.96 Å². The Morgan fingerprint density at radius 3 is 2.41 bits per heavy atom. The van der Waals surface area contributed by atoms with Crippen molar-refractivity contribution in [3.8, 4) is 0 Å². The molecule has 0 unspecified atom stereocenters. The average Bonchev–Trinajstić information content (AvgIpc) is 2.84. The van der Waals surface area contributed by atoms with E-state index in [1.54, 1.807) is 19.0 Å². The first-order valence-corrected chi connectivity index (χ1v) is 11.2. The lowest BCUT2D eigenvalue weighted by molar-refractivity contribution is -0.127. The first-order chi connectivity index (χ1) is 15.5. The fourth-order valence-corrected chi connectivity index (χ4v) is 3.57. The monoisotopic (exact) mass is 437 g/mol. The van der Waals surface area contributed by atoms with Crippen molar-refractivity contribution in [2.45, 2.75) is 6.42 Å². The van der Waals surface area contributed by atoms with Gasteiger partial charge in [0, 0.05) is 72.3 Å². The number of hydrogen-bond acceptors (Lipinski definition) is 5. The van der Waals surface area contributed by atoms with Gasteiger partial charge in [-0.3, -0.25) is 4.79 Å². The van der Waals surface area contributed by atoms with Crippen LogP contribution in [0.25, 0.3) is 0 Å². The molecule has 1 N–H and O–H groups in total. The van der Waals surface area contributed by atoms with Gasteiger partial charge in [0.1, 0.15) is 12.4 Å². The average molecular weight is 438 g/mol. The zero-order chi connectivity index (χ0) is 22.8. The number of carbonyl (C=O) groups excluding carboxylic acids is 1. The van der Waals surface area contributed by atoms with Gasteiger partial charge in [-0.05, 0) is 30.7 Å². The van der Waals surface area contributed by atoms with Gasteiger partial charge >= 0.3 is 0 Å². The summed E-state index contributed by atoms with van der Waals surface area (Å²) >= 11 is 0.